The number of aromatic nitrogens is 1. The molecule has 1 N–H and O–H groups in total. The molecule has 0 aromatic carbocycles. The minimum Gasteiger partial charge on any atom is -0.370 e. The van der Waals surface area contributed by atoms with Crippen molar-refractivity contribution < 1.29 is 13.2 Å². The first-order chi connectivity index (χ1) is 8.95. The van der Waals surface area contributed by atoms with E-state index in [0.717, 1.165) is 31.4 Å². The SMILES string of the molecule is FC(F)(F)c1cc(Cl)nc(NCCC2=CCCC2)c1. The van der Waals surface area contributed by atoms with Crippen LogP contribution in [0.4, 0.5) is 19.0 Å². The number of allylic oxidation sites excluding steroid dienone is 1. The van der Waals surface area contributed by atoms with Gasteiger partial charge >= 0.3 is 6.18 Å². The van der Waals surface area contributed by atoms with Gasteiger partial charge in [-0.15, -0.1) is 0 Å². The summed E-state index contributed by atoms with van der Waals surface area (Å²) in [6, 6.07) is 1.81. The molecule has 19 heavy (non-hydrogen) atoms. The van der Waals surface area contributed by atoms with Gasteiger partial charge in [0.15, 0.2) is 0 Å². The van der Waals surface area contributed by atoms with E-state index in [0.29, 0.717) is 6.54 Å². The van der Waals surface area contributed by atoms with E-state index in [1.54, 1.807) is 0 Å². The van der Waals surface area contributed by atoms with E-state index in [1.807, 2.05) is 0 Å². The molecule has 104 valence electrons. The highest BCUT2D eigenvalue weighted by Gasteiger charge is 2.31. The number of hydrogen-bond donors (Lipinski definition) is 1. The Labute approximate surface area is 114 Å². The van der Waals surface area contributed by atoms with Crippen LogP contribution in [0, 0.1) is 0 Å². The van der Waals surface area contributed by atoms with Crippen LogP contribution in [0.25, 0.3) is 0 Å². The van der Waals surface area contributed by atoms with Gasteiger partial charge in [-0.1, -0.05) is 23.3 Å². The summed E-state index contributed by atoms with van der Waals surface area (Å²) < 4.78 is 37.8. The van der Waals surface area contributed by atoms with Crippen molar-refractivity contribution in [1.29, 1.82) is 0 Å². The van der Waals surface area contributed by atoms with Crippen molar-refractivity contribution >= 4 is 17.4 Å². The lowest BCUT2D eigenvalue weighted by molar-refractivity contribution is -0.137. The van der Waals surface area contributed by atoms with Gasteiger partial charge in [0, 0.05) is 6.54 Å². The molecule has 0 saturated carbocycles. The van der Waals surface area contributed by atoms with E-state index in [-0.39, 0.29) is 11.0 Å². The minimum absolute atomic E-state index is 0.155. The van der Waals surface area contributed by atoms with Crippen molar-refractivity contribution in [3.8, 4) is 0 Å². The molecule has 0 fully saturated rings. The fourth-order valence-electron chi connectivity index (χ4n) is 2.07. The number of pyridine rings is 1. The maximum Gasteiger partial charge on any atom is 0.416 e. The average molecular weight is 291 g/mol. The predicted molar refractivity (Wildman–Crippen MR) is 69.3 cm³/mol. The van der Waals surface area contributed by atoms with Gasteiger partial charge < -0.3 is 5.32 Å². The summed E-state index contributed by atoms with van der Waals surface area (Å²) in [5, 5.41) is 2.73. The fourth-order valence-corrected chi connectivity index (χ4v) is 2.28. The molecule has 1 aromatic rings. The van der Waals surface area contributed by atoms with E-state index in [1.165, 1.54) is 12.0 Å². The summed E-state index contributed by atoms with van der Waals surface area (Å²) in [5.74, 6) is 0.165. The highest BCUT2D eigenvalue weighted by molar-refractivity contribution is 6.29. The molecule has 0 spiro atoms. The smallest absolute Gasteiger partial charge is 0.370 e. The second-order valence-corrected chi connectivity index (χ2v) is 4.88. The summed E-state index contributed by atoms with van der Waals surface area (Å²) in [4.78, 5) is 3.85. The van der Waals surface area contributed by atoms with Crippen LogP contribution in [0.5, 0.6) is 0 Å². The number of nitrogens with zero attached hydrogens (tertiary/aromatic N) is 1. The summed E-state index contributed by atoms with van der Waals surface area (Å²) in [6.07, 6.45) is 1.96. The first kappa shape index (κ1) is 14.2. The lowest BCUT2D eigenvalue weighted by Gasteiger charge is -2.11. The molecule has 2 nitrogen and oxygen atoms in total. The van der Waals surface area contributed by atoms with Gasteiger partial charge in [0.05, 0.1) is 5.56 Å². The largest absolute Gasteiger partial charge is 0.416 e. The molecule has 2 rings (SSSR count). The van der Waals surface area contributed by atoms with Crippen molar-refractivity contribution in [2.75, 3.05) is 11.9 Å². The van der Waals surface area contributed by atoms with Gasteiger partial charge in [0.25, 0.3) is 0 Å². The number of halogens is 4. The second kappa shape index (κ2) is 5.82. The first-order valence-electron chi connectivity index (χ1n) is 6.12. The molecule has 0 saturated heterocycles. The molecule has 0 atom stereocenters. The molecule has 1 aliphatic carbocycles. The third kappa shape index (κ3) is 4.13. The van der Waals surface area contributed by atoms with Crippen molar-refractivity contribution in [2.45, 2.75) is 31.9 Å². The van der Waals surface area contributed by atoms with Gasteiger partial charge in [0.1, 0.15) is 11.0 Å². The zero-order valence-corrected chi connectivity index (χ0v) is 11.0. The number of rotatable bonds is 4. The summed E-state index contributed by atoms with van der Waals surface area (Å²) in [7, 11) is 0. The van der Waals surface area contributed by atoms with Crippen molar-refractivity contribution in [1.82, 2.24) is 4.98 Å². The molecular weight excluding hydrogens is 277 g/mol. The Morgan fingerprint density at radius 2 is 2.11 bits per heavy atom. The standard InChI is InChI=1S/C13H14ClF3N2/c14-11-7-10(13(15,16)17)8-12(19-11)18-6-5-9-3-1-2-4-9/h3,7-8H,1-2,4-6H2,(H,18,19). The van der Waals surface area contributed by atoms with Crippen molar-refractivity contribution in [3.63, 3.8) is 0 Å². The van der Waals surface area contributed by atoms with E-state index in [4.69, 9.17) is 11.6 Å². The van der Waals surface area contributed by atoms with Gasteiger partial charge in [0.2, 0.25) is 0 Å². The van der Waals surface area contributed by atoms with Crippen LogP contribution in [0.15, 0.2) is 23.8 Å². The molecule has 1 heterocycles. The Bertz CT molecular complexity index is 483. The molecule has 0 amide bonds. The lowest BCUT2D eigenvalue weighted by Crippen LogP contribution is -2.09. The van der Waals surface area contributed by atoms with Crippen LogP contribution in [0.2, 0.25) is 5.15 Å². The number of alkyl halides is 3. The van der Waals surface area contributed by atoms with Crippen LogP contribution in [-0.2, 0) is 6.18 Å². The molecular formula is C13H14ClF3N2. The molecule has 6 heteroatoms. The number of hydrogen-bond acceptors (Lipinski definition) is 2. The van der Waals surface area contributed by atoms with Crippen LogP contribution in [0.1, 0.15) is 31.2 Å². The van der Waals surface area contributed by atoms with E-state index >= 15 is 0 Å². The maximum atomic E-state index is 12.6. The topological polar surface area (TPSA) is 24.9 Å². The Morgan fingerprint density at radius 3 is 2.74 bits per heavy atom. The minimum atomic E-state index is -4.41. The third-order valence-corrected chi connectivity index (χ3v) is 3.20. The Morgan fingerprint density at radius 1 is 1.32 bits per heavy atom. The molecule has 0 aliphatic heterocycles. The molecule has 0 unspecified atom stereocenters. The van der Waals surface area contributed by atoms with Gasteiger partial charge in [-0.25, -0.2) is 4.98 Å². The molecule has 0 radical (unpaired) electrons. The number of nitrogens with one attached hydrogen (secondary N) is 1. The Balaban J connectivity index is 1.98. The fraction of sp³-hybridized carbons (Fsp3) is 0.462. The highest BCUT2D eigenvalue weighted by atomic mass is 35.5. The van der Waals surface area contributed by atoms with Gasteiger partial charge in [-0.05, 0) is 37.8 Å². The summed E-state index contributed by atoms with van der Waals surface area (Å²) in [6.45, 7) is 0.566. The second-order valence-electron chi connectivity index (χ2n) is 4.49. The van der Waals surface area contributed by atoms with Gasteiger partial charge in [-0.3, -0.25) is 0 Å². The lowest BCUT2D eigenvalue weighted by atomic mass is 10.1. The summed E-state index contributed by atoms with van der Waals surface area (Å²) >= 11 is 5.60. The van der Waals surface area contributed by atoms with E-state index in [2.05, 4.69) is 16.4 Å². The zero-order valence-electron chi connectivity index (χ0n) is 10.2. The zero-order chi connectivity index (χ0) is 13.9. The highest BCUT2D eigenvalue weighted by Crippen LogP contribution is 2.32. The van der Waals surface area contributed by atoms with Crippen molar-refractivity contribution in [2.24, 2.45) is 0 Å². The normalized spacial score (nSPS) is 15.5. The van der Waals surface area contributed by atoms with Crippen molar-refractivity contribution in [3.05, 3.63) is 34.5 Å². The van der Waals surface area contributed by atoms with E-state index < -0.39 is 11.7 Å². The summed E-state index contributed by atoms with van der Waals surface area (Å²) in [5.41, 5.74) is 0.570. The monoisotopic (exact) mass is 290 g/mol. The Hall–Kier alpha value is -1.23. The third-order valence-electron chi connectivity index (χ3n) is 3.01. The number of anilines is 1. The van der Waals surface area contributed by atoms with Gasteiger partial charge in [-0.2, -0.15) is 13.2 Å². The quantitative estimate of drug-likeness (QED) is 0.644. The molecule has 0 bridgehead atoms. The average Bonchev–Trinajstić information content (AvgIpc) is 2.80. The maximum absolute atomic E-state index is 12.6. The van der Waals surface area contributed by atoms with Crippen LogP contribution < -0.4 is 5.32 Å². The molecule has 1 aliphatic rings. The first-order valence-corrected chi connectivity index (χ1v) is 6.49. The van der Waals surface area contributed by atoms with E-state index in [9.17, 15) is 13.2 Å². The van der Waals surface area contributed by atoms with Crippen LogP contribution in [-0.4, -0.2) is 11.5 Å². The van der Waals surface area contributed by atoms with Crippen LogP contribution >= 0.6 is 11.6 Å². The van der Waals surface area contributed by atoms with Crippen LogP contribution in [0.3, 0.4) is 0 Å². The predicted octanol–water partition coefficient (Wildman–Crippen LogP) is 4.67. The Kier molecular flexibility index (Phi) is 4.34. The molecule has 1 aromatic heterocycles.